The summed E-state index contributed by atoms with van der Waals surface area (Å²) in [6.45, 7) is 1.11. The topological polar surface area (TPSA) is 74.7 Å². The van der Waals surface area contributed by atoms with E-state index in [9.17, 15) is 4.79 Å². The fourth-order valence-electron chi connectivity index (χ4n) is 4.15. The molecule has 0 bridgehead atoms. The number of hydrogen-bond acceptors (Lipinski definition) is 4. The second kappa shape index (κ2) is 6.93. The molecule has 4 aromatic rings. The van der Waals surface area contributed by atoms with Crippen molar-refractivity contribution in [3.8, 4) is 5.75 Å². The minimum Gasteiger partial charge on any atom is -0.497 e. The highest BCUT2D eigenvalue weighted by Gasteiger charge is 2.24. The van der Waals surface area contributed by atoms with Crippen LogP contribution in [0.2, 0.25) is 0 Å². The summed E-state index contributed by atoms with van der Waals surface area (Å²) in [7, 11) is 3.77. The molecule has 1 aliphatic heterocycles. The van der Waals surface area contributed by atoms with Crippen molar-refractivity contribution in [2.45, 2.75) is 18.9 Å². The lowest BCUT2D eigenvalue weighted by molar-refractivity contribution is 0.102. The second-order valence-corrected chi connectivity index (χ2v) is 7.56. The number of carbonyl (C=O) groups is 1. The predicted octanol–water partition coefficient (Wildman–Crippen LogP) is 3.84. The van der Waals surface area contributed by atoms with Gasteiger partial charge in [-0.05, 0) is 50.7 Å². The standard InChI is InChI=1S/C22H23N5O2/c1-26-9-3-4-20(26)19-13-27-12-14(5-8-21(27)25-19)24-22(28)17-11-23-18-10-15(29-2)6-7-16(17)18/h5-8,10-13,20,23H,3-4,9H2,1-2H3,(H,24,28). The molecule has 1 aromatic carbocycles. The quantitative estimate of drug-likeness (QED) is 0.556. The van der Waals surface area contributed by atoms with Crippen LogP contribution in [0.5, 0.6) is 5.75 Å². The molecule has 1 amide bonds. The first-order valence-corrected chi connectivity index (χ1v) is 9.78. The molecule has 1 atom stereocenters. The lowest BCUT2D eigenvalue weighted by Crippen LogP contribution is -2.17. The van der Waals surface area contributed by atoms with Crippen molar-refractivity contribution >= 4 is 28.1 Å². The third-order valence-electron chi connectivity index (χ3n) is 5.72. The summed E-state index contributed by atoms with van der Waals surface area (Å²) in [5.41, 5.74) is 4.16. The Morgan fingerprint density at radius 3 is 2.97 bits per heavy atom. The maximum Gasteiger partial charge on any atom is 0.257 e. The summed E-state index contributed by atoms with van der Waals surface area (Å²) in [6, 6.07) is 9.82. The molecule has 1 unspecified atom stereocenters. The summed E-state index contributed by atoms with van der Waals surface area (Å²) >= 11 is 0. The average Bonchev–Trinajstić information content (AvgIpc) is 3.44. The van der Waals surface area contributed by atoms with Gasteiger partial charge in [-0.25, -0.2) is 4.98 Å². The number of ether oxygens (including phenoxy) is 1. The number of H-pyrrole nitrogens is 1. The summed E-state index contributed by atoms with van der Waals surface area (Å²) in [4.78, 5) is 23.1. The molecule has 4 heterocycles. The van der Waals surface area contributed by atoms with Gasteiger partial charge in [0.15, 0.2) is 0 Å². The third kappa shape index (κ3) is 3.13. The highest BCUT2D eigenvalue weighted by Crippen LogP contribution is 2.30. The zero-order valence-electron chi connectivity index (χ0n) is 16.5. The molecule has 0 radical (unpaired) electrons. The van der Waals surface area contributed by atoms with Crippen molar-refractivity contribution < 1.29 is 9.53 Å². The number of carbonyl (C=O) groups excluding carboxylic acids is 1. The second-order valence-electron chi connectivity index (χ2n) is 7.56. The van der Waals surface area contributed by atoms with Crippen LogP contribution in [0.3, 0.4) is 0 Å². The van der Waals surface area contributed by atoms with Crippen LogP contribution in [0.1, 0.15) is 34.9 Å². The van der Waals surface area contributed by atoms with E-state index in [2.05, 4.69) is 28.4 Å². The fourth-order valence-corrected chi connectivity index (χ4v) is 4.15. The first kappa shape index (κ1) is 17.8. The number of benzene rings is 1. The van der Waals surface area contributed by atoms with Crippen LogP contribution in [-0.2, 0) is 0 Å². The molecule has 7 heteroatoms. The maximum absolute atomic E-state index is 12.8. The Balaban J connectivity index is 1.40. The van der Waals surface area contributed by atoms with Crippen molar-refractivity contribution in [2.24, 2.45) is 0 Å². The Hall–Kier alpha value is -3.32. The van der Waals surface area contributed by atoms with Gasteiger partial charge in [-0.3, -0.25) is 9.69 Å². The monoisotopic (exact) mass is 389 g/mol. The summed E-state index contributed by atoms with van der Waals surface area (Å²) in [5.74, 6) is 0.595. The number of anilines is 1. The van der Waals surface area contributed by atoms with Crippen LogP contribution in [-0.4, -0.2) is 45.9 Å². The van der Waals surface area contributed by atoms with E-state index in [1.54, 1.807) is 13.3 Å². The molecular formula is C22H23N5O2. The van der Waals surface area contributed by atoms with Crippen LogP contribution in [0, 0.1) is 0 Å². The number of nitrogens with zero attached hydrogens (tertiary/aromatic N) is 3. The average molecular weight is 389 g/mol. The molecule has 29 heavy (non-hydrogen) atoms. The van der Waals surface area contributed by atoms with Gasteiger partial charge in [-0.15, -0.1) is 0 Å². The number of fused-ring (bicyclic) bond motifs is 2. The van der Waals surface area contributed by atoms with Crippen LogP contribution < -0.4 is 10.1 Å². The maximum atomic E-state index is 12.8. The van der Waals surface area contributed by atoms with Gasteiger partial charge in [0.05, 0.1) is 30.1 Å². The van der Waals surface area contributed by atoms with Gasteiger partial charge in [0.2, 0.25) is 0 Å². The Kier molecular flexibility index (Phi) is 4.24. The van der Waals surface area contributed by atoms with E-state index in [0.29, 0.717) is 11.6 Å². The number of aromatic amines is 1. The first-order valence-electron chi connectivity index (χ1n) is 9.78. The van der Waals surface area contributed by atoms with Gasteiger partial charge in [0.25, 0.3) is 5.91 Å². The van der Waals surface area contributed by atoms with Crippen molar-refractivity contribution in [3.05, 3.63) is 60.2 Å². The Labute approximate surface area is 168 Å². The van der Waals surface area contributed by atoms with E-state index in [1.807, 2.05) is 40.9 Å². The number of imidazole rings is 1. The van der Waals surface area contributed by atoms with Gasteiger partial charge in [-0.2, -0.15) is 0 Å². The summed E-state index contributed by atoms with van der Waals surface area (Å²) < 4.78 is 7.23. The van der Waals surface area contributed by atoms with Crippen LogP contribution >= 0.6 is 0 Å². The van der Waals surface area contributed by atoms with Gasteiger partial charge >= 0.3 is 0 Å². The zero-order valence-corrected chi connectivity index (χ0v) is 16.5. The summed E-state index contributed by atoms with van der Waals surface area (Å²) in [6.07, 6.45) is 8.04. The highest BCUT2D eigenvalue weighted by molar-refractivity contribution is 6.12. The van der Waals surface area contributed by atoms with Gasteiger partial charge in [0, 0.05) is 35.6 Å². The molecule has 1 saturated heterocycles. The molecule has 1 fully saturated rings. The number of aromatic nitrogens is 3. The lowest BCUT2D eigenvalue weighted by atomic mass is 10.1. The van der Waals surface area contributed by atoms with Crippen molar-refractivity contribution in [2.75, 3.05) is 26.0 Å². The molecule has 2 N–H and O–H groups in total. The van der Waals surface area contributed by atoms with Gasteiger partial charge in [-0.1, -0.05) is 0 Å². The number of likely N-dealkylation sites (tertiary alicyclic amines) is 1. The van der Waals surface area contributed by atoms with Crippen LogP contribution in [0.25, 0.3) is 16.6 Å². The number of nitrogens with one attached hydrogen (secondary N) is 2. The largest absolute Gasteiger partial charge is 0.497 e. The number of pyridine rings is 1. The smallest absolute Gasteiger partial charge is 0.257 e. The van der Waals surface area contributed by atoms with E-state index < -0.39 is 0 Å². The van der Waals surface area contributed by atoms with Gasteiger partial charge < -0.3 is 19.4 Å². The van der Waals surface area contributed by atoms with E-state index in [0.717, 1.165) is 46.6 Å². The van der Waals surface area contributed by atoms with E-state index in [-0.39, 0.29) is 5.91 Å². The molecule has 3 aromatic heterocycles. The first-order chi connectivity index (χ1) is 14.1. The van der Waals surface area contributed by atoms with Crippen molar-refractivity contribution in [1.29, 1.82) is 0 Å². The predicted molar refractivity (Wildman–Crippen MR) is 113 cm³/mol. The van der Waals surface area contributed by atoms with Crippen LogP contribution in [0.15, 0.2) is 48.9 Å². The number of amides is 1. The van der Waals surface area contributed by atoms with E-state index in [4.69, 9.17) is 9.72 Å². The van der Waals surface area contributed by atoms with Gasteiger partial charge in [0.1, 0.15) is 11.4 Å². The fraction of sp³-hybridized carbons (Fsp3) is 0.273. The SMILES string of the molecule is COc1ccc2c(C(=O)Nc3ccc4nc(C5CCCN5C)cn4c3)c[nH]c2c1. The molecule has 5 rings (SSSR count). The minimum absolute atomic E-state index is 0.156. The zero-order chi connectivity index (χ0) is 20.0. The van der Waals surface area contributed by atoms with E-state index >= 15 is 0 Å². The Morgan fingerprint density at radius 1 is 1.28 bits per heavy atom. The molecule has 0 aliphatic carbocycles. The van der Waals surface area contributed by atoms with Crippen molar-refractivity contribution in [1.82, 2.24) is 19.3 Å². The van der Waals surface area contributed by atoms with E-state index in [1.165, 1.54) is 6.42 Å². The molecular weight excluding hydrogens is 366 g/mol. The minimum atomic E-state index is -0.156. The van der Waals surface area contributed by atoms with Crippen molar-refractivity contribution in [3.63, 3.8) is 0 Å². The van der Waals surface area contributed by atoms with Crippen LogP contribution in [0.4, 0.5) is 5.69 Å². The lowest BCUT2D eigenvalue weighted by Gasteiger charge is -2.16. The molecule has 0 saturated carbocycles. The highest BCUT2D eigenvalue weighted by atomic mass is 16.5. The number of methoxy groups -OCH3 is 1. The number of hydrogen-bond donors (Lipinski definition) is 2. The Morgan fingerprint density at radius 2 is 2.17 bits per heavy atom. The molecule has 7 nitrogen and oxygen atoms in total. The normalized spacial score (nSPS) is 17.2. The third-order valence-corrected chi connectivity index (χ3v) is 5.72. The summed E-state index contributed by atoms with van der Waals surface area (Å²) in [5, 5.41) is 3.86. The molecule has 148 valence electrons. The molecule has 1 aliphatic rings. The Bertz CT molecular complexity index is 1210. The molecule has 0 spiro atoms. The number of rotatable bonds is 4.